The van der Waals surface area contributed by atoms with Gasteiger partial charge in [-0.1, -0.05) is 0 Å². The third-order valence-electron chi connectivity index (χ3n) is 2.38. The molecule has 0 bridgehead atoms. The average Bonchev–Trinajstić information content (AvgIpc) is 2.28. The number of nitriles is 1. The van der Waals surface area contributed by atoms with Crippen molar-refractivity contribution in [2.75, 3.05) is 6.61 Å². The van der Waals surface area contributed by atoms with Crippen molar-refractivity contribution in [2.45, 2.75) is 26.4 Å². The highest BCUT2D eigenvalue weighted by molar-refractivity contribution is 5.95. The van der Waals surface area contributed by atoms with Gasteiger partial charge >= 0.3 is 0 Å². The van der Waals surface area contributed by atoms with Gasteiger partial charge < -0.3 is 15.6 Å². The Hall–Kier alpha value is -2.06. The standard InChI is InChI=1S/C13H16N2O3/c1-8(2)18-12-4-3-10(13(15)17)9(5-6-16)11(12)7-14/h3-4,8,16H,5-6H2,1-2H3,(H2,15,17). The molecule has 18 heavy (non-hydrogen) atoms. The van der Waals surface area contributed by atoms with Crippen molar-refractivity contribution >= 4 is 5.91 Å². The van der Waals surface area contributed by atoms with Gasteiger partial charge in [-0.15, -0.1) is 0 Å². The van der Waals surface area contributed by atoms with Gasteiger partial charge in [-0.05, 0) is 38.0 Å². The van der Waals surface area contributed by atoms with E-state index in [0.29, 0.717) is 11.3 Å². The van der Waals surface area contributed by atoms with Crippen LogP contribution in [0.25, 0.3) is 0 Å². The number of carbonyl (C=O) groups excluding carboxylic acids is 1. The third kappa shape index (κ3) is 2.99. The minimum atomic E-state index is -0.619. The fourth-order valence-electron chi connectivity index (χ4n) is 1.70. The van der Waals surface area contributed by atoms with Crippen LogP contribution in [0.1, 0.15) is 35.3 Å². The highest BCUT2D eigenvalue weighted by Crippen LogP contribution is 2.26. The van der Waals surface area contributed by atoms with Gasteiger partial charge in [-0.3, -0.25) is 4.79 Å². The molecular formula is C13H16N2O3. The quantitative estimate of drug-likeness (QED) is 0.811. The number of aliphatic hydroxyl groups excluding tert-OH is 1. The molecule has 0 heterocycles. The number of nitrogens with zero attached hydrogens (tertiary/aromatic N) is 1. The first kappa shape index (κ1) is 14.0. The fraction of sp³-hybridized carbons (Fsp3) is 0.385. The second kappa shape index (κ2) is 6.03. The summed E-state index contributed by atoms with van der Waals surface area (Å²) in [6.45, 7) is 3.52. The molecule has 0 fully saturated rings. The number of primary amides is 1. The average molecular weight is 248 g/mol. The Labute approximate surface area is 106 Å². The molecule has 0 aliphatic rings. The van der Waals surface area contributed by atoms with Gasteiger partial charge in [0.2, 0.25) is 5.91 Å². The SMILES string of the molecule is CC(C)Oc1ccc(C(N)=O)c(CCO)c1C#N. The van der Waals surface area contributed by atoms with Gasteiger partial charge in [0.05, 0.1) is 11.7 Å². The summed E-state index contributed by atoms with van der Waals surface area (Å²) >= 11 is 0. The van der Waals surface area contributed by atoms with Crippen LogP contribution in [0.15, 0.2) is 12.1 Å². The summed E-state index contributed by atoms with van der Waals surface area (Å²) in [6, 6.07) is 5.08. The number of carbonyl (C=O) groups is 1. The minimum Gasteiger partial charge on any atom is -0.490 e. The maximum atomic E-state index is 11.3. The third-order valence-corrected chi connectivity index (χ3v) is 2.38. The molecule has 5 heteroatoms. The number of ether oxygens (including phenoxy) is 1. The van der Waals surface area contributed by atoms with Gasteiger partial charge in [-0.2, -0.15) is 5.26 Å². The number of rotatable bonds is 5. The van der Waals surface area contributed by atoms with Crippen LogP contribution in [0.3, 0.4) is 0 Å². The fourth-order valence-corrected chi connectivity index (χ4v) is 1.70. The smallest absolute Gasteiger partial charge is 0.249 e. The van der Waals surface area contributed by atoms with Crippen molar-refractivity contribution in [3.8, 4) is 11.8 Å². The van der Waals surface area contributed by atoms with Crippen LogP contribution in [0.5, 0.6) is 5.75 Å². The number of nitrogens with two attached hydrogens (primary N) is 1. The van der Waals surface area contributed by atoms with Crippen molar-refractivity contribution in [2.24, 2.45) is 5.73 Å². The van der Waals surface area contributed by atoms with E-state index in [1.165, 1.54) is 6.07 Å². The van der Waals surface area contributed by atoms with Gasteiger partial charge in [0.15, 0.2) is 0 Å². The number of amides is 1. The number of aliphatic hydroxyl groups is 1. The highest BCUT2D eigenvalue weighted by atomic mass is 16.5. The molecule has 0 spiro atoms. The molecule has 1 rings (SSSR count). The monoisotopic (exact) mass is 248 g/mol. The van der Waals surface area contributed by atoms with Crippen molar-refractivity contribution < 1.29 is 14.6 Å². The zero-order chi connectivity index (χ0) is 13.7. The second-order valence-corrected chi connectivity index (χ2v) is 4.08. The van der Waals surface area contributed by atoms with Gasteiger partial charge in [0.25, 0.3) is 0 Å². The van der Waals surface area contributed by atoms with Crippen LogP contribution in [0, 0.1) is 11.3 Å². The molecule has 0 radical (unpaired) electrons. The van der Waals surface area contributed by atoms with Crippen molar-refractivity contribution in [1.29, 1.82) is 5.26 Å². The Kier molecular flexibility index (Phi) is 4.69. The first-order chi connectivity index (χ1) is 8.51. The summed E-state index contributed by atoms with van der Waals surface area (Å²) in [5.74, 6) is -0.216. The molecule has 0 saturated carbocycles. The van der Waals surface area contributed by atoms with Gasteiger partial charge in [0.1, 0.15) is 11.8 Å². The van der Waals surface area contributed by atoms with E-state index in [2.05, 4.69) is 0 Å². The molecule has 96 valence electrons. The van der Waals surface area contributed by atoms with Crippen LogP contribution in [-0.2, 0) is 6.42 Å². The first-order valence-corrected chi connectivity index (χ1v) is 5.64. The highest BCUT2D eigenvalue weighted by Gasteiger charge is 2.17. The van der Waals surface area contributed by atoms with E-state index in [4.69, 9.17) is 15.6 Å². The Balaban J connectivity index is 3.38. The van der Waals surface area contributed by atoms with E-state index >= 15 is 0 Å². The lowest BCUT2D eigenvalue weighted by molar-refractivity contribution is 0.0999. The molecule has 0 atom stereocenters. The zero-order valence-corrected chi connectivity index (χ0v) is 10.4. The summed E-state index contributed by atoms with van der Waals surface area (Å²) in [5, 5.41) is 18.2. The summed E-state index contributed by atoms with van der Waals surface area (Å²) in [6.07, 6.45) is 0.106. The number of hydrogen-bond donors (Lipinski definition) is 2. The van der Waals surface area contributed by atoms with E-state index in [9.17, 15) is 10.1 Å². The summed E-state index contributed by atoms with van der Waals surface area (Å²) in [5.41, 5.74) is 6.19. The molecule has 1 amide bonds. The normalized spacial score (nSPS) is 10.2. The predicted molar refractivity (Wildman–Crippen MR) is 66.2 cm³/mol. The molecule has 0 aliphatic carbocycles. The topological polar surface area (TPSA) is 96.3 Å². The second-order valence-electron chi connectivity index (χ2n) is 4.08. The van der Waals surface area contributed by atoms with E-state index in [1.807, 2.05) is 19.9 Å². The molecule has 1 aromatic rings. The van der Waals surface area contributed by atoms with E-state index in [0.717, 1.165) is 0 Å². The van der Waals surface area contributed by atoms with Crippen molar-refractivity contribution in [3.63, 3.8) is 0 Å². The first-order valence-electron chi connectivity index (χ1n) is 5.64. The molecular weight excluding hydrogens is 232 g/mol. The molecule has 0 aromatic heterocycles. The van der Waals surface area contributed by atoms with E-state index in [1.54, 1.807) is 6.07 Å². The van der Waals surface area contributed by atoms with Crippen molar-refractivity contribution in [3.05, 3.63) is 28.8 Å². The zero-order valence-electron chi connectivity index (χ0n) is 10.4. The molecule has 0 saturated heterocycles. The lowest BCUT2D eigenvalue weighted by Crippen LogP contribution is -2.17. The summed E-state index contributed by atoms with van der Waals surface area (Å²) < 4.78 is 5.50. The molecule has 5 nitrogen and oxygen atoms in total. The van der Waals surface area contributed by atoms with Crippen LogP contribution in [-0.4, -0.2) is 23.7 Å². The minimum absolute atomic E-state index is 0.0847. The van der Waals surface area contributed by atoms with Crippen LogP contribution < -0.4 is 10.5 Å². The molecule has 0 aliphatic heterocycles. The Morgan fingerprint density at radius 1 is 1.56 bits per heavy atom. The predicted octanol–water partition coefficient (Wildman–Crippen LogP) is 0.979. The molecule has 3 N–H and O–H groups in total. The Morgan fingerprint density at radius 2 is 2.22 bits per heavy atom. The Bertz CT molecular complexity index is 490. The lowest BCUT2D eigenvalue weighted by atomic mass is 9.97. The van der Waals surface area contributed by atoms with Crippen LogP contribution in [0.4, 0.5) is 0 Å². The summed E-state index contributed by atoms with van der Waals surface area (Å²) in [7, 11) is 0. The largest absolute Gasteiger partial charge is 0.490 e. The Morgan fingerprint density at radius 3 is 2.67 bits per heavy atom. The number of hydrogen-bond acceptors (Lipinski definition) is 4. The maximum Gasteiger partial charge on any atom is 0.249 e. The summed E-state index contributed by atoms with van der Waals surface area (Å²) in [4.78, 5) is 11.3. The van der Waals surface area contributed by atoms with Crippen molar-refractivity contribution in [1.82, 2.24) is 0 Å². The van der Waals surface area contributed by atoms with Gasteiger partial charge in [0, 0.05) is 12.2 Å². The maximum absolute atomic E-state index is 11.3. The number of benzene rings is 1. The van der Waals surface area contributed by atoms with E-state index in [-0.39, 0.29) is 30.3 Å². The van der Waals surface area contributed by atoms with Crippen LogP contribution >= 0.6 is 0 Å². The lowest BCUT2D eigenvalue weighted by Gasteiger charge is -2.15. The van der Waals surface area contributed by atoms with Gasteiger partial charge in [-0.25, -0.2) is 0 Å². The van der Waals surface area contributed by atoms with E-state index < -0.39 is 5.91 Å². The van der Waals surface area contributed by atoms with Crippen LogP contribution in [0.2, 0.25) is 0 Å². The molecule has 0 unspecified atom stereocenters. The molecule has 1 aromatic carbocycles.